The summed E-state index contributed by atoms with van der Waals surface area (Å²) in [6.07, 6.45) is 48.5. The Morgan fingerprint density at radius 2 is 1.15 bits per heavy atom. The van der Waals surface area contributed by atoms with Gasteiger partial charge in [-0.1, -0.05) is 137 Å². The summed E-state index contributed by atoms with van der Waals surface area (Å²) in [6.45, 7) is 4.42. The summed E-state index contributed by atoms with van der Waals surface area (Å²) in [5.41, 5.74) is 0. The molecule has 0 aliphatic rings. The SMILES string of the molecule is CC/C=C\C/C=C\C/C=C\C/C=C\C/C=C\C/C=C\C/C=C\CCCCCCCC(=O)NC(COP(=O)(O)OCC[N+](C)(C)C)C(O)/C=C/CCC. The number of quaternary nitrogens is 1. The summed E-state index contributed by atoms with van der Waals surface area (Å²) in [6, 6.07) is -0.859. The Morgan fingerprint density at radius 3 is 1.65 bits per heavy atom. The van der Waals surface area contributed by atoms with Gasteiger partial charge >= 0.3 is 7.82 Å². The predicted molar refractivity (Wildman–Crippen MR) is 221 cm³/mol. The van der Waals surface area contributed by atoms with Gasteiger partial charge in [-0.15, -0.1) is 0 Å². The van der Waals surface area contributed by atoms with Crippen molar-refractivity contribution in [3.8, 4) is 0 Å². The fourth-order valence-corrected chi connectivity index (χ4v) is 5.41. The minimum absolute atomic E-state index is 0.0495. The standard InChI is InChI=1S/C43H73N2O6P/c1-6-8-10-11-12-13-14-15-16-17-18-19-20-21-22-23-24-25-26-27-28-29-30-31-32-33-35-37-43(47)44-41(42(46)36-34-9-7-2)40-51-52(48,49)50-39-38-45(3,4)5/h8,10,12-13,15-16,18-19,21-22,24-25,27-28,34,36,41-42,46H,6-7,9,11,14,17,20,23,26,29-33,35,37-40H2,1-5H3,(H-,44,47,48,49)/p+1/b10-8-,13-12-,16-15-,19-18-,22-21-,25-24-,28-27-,36-34+. The molecule has 0 radical (unpaired) electrons. The van der Waals surface area contributed by atoms with Crippen molar-refractivity contribution in [3.05, 3.63) is 97.2 Å². The molecule has 9 heteroatoms. The number of unbranched alkanes of at least 4 members (excludes halogenated alkanes) is 6. The van der Waals surface area contributed by atoms with Crippen LogP contribution in [0.15, 0.2) is 97.2 Å². The first-order chi connectivity index (χ1) is 25.0. The third kappa shape index (κ3) is 35.8. The van der Waals surface area contributed by atoms with E-state index < -0.39 is 20.0 Å². The Labute approximate surface area is 318 Å². The number of allylic oxidation sites excluding steroid dienone is 15. The number of carbonyl (C=O) groups excluding carboxylic acids is 1. The number of aliphatic hydroxyl groups is 1. The van der Waals surface area contributed by atoms with E-state index in [1.165, 1.54) is 0 Å². The zero-order valence-electron chi connectivity index (χ0n) is 33.2. The molecule has 0 rings (SSSR count). The number of amides is 1. The monoisotopic (exact) mass is 746 g/mol. The largest absolute Gasteiger partial charge is 0.472 e. The van der Waals surface area contributed by atoms with Crippen molar-refractivity contribution >= 4 is 13.7 Å². The smallest absolute Gasteiger partial charge is 0.387 e. The number of carbonyl (C=O) groups is 1. The van der Waals surface area contributed by atoms with Gasteiger partial charge in [-0.3, -0.25) is 13.8 Å². The first-order valence-corrected chi connectivity index (χ1v) is 21.1. The van der Waals surface area contributed by atoms with Crippen LogP contribution in [-0.2, 0) is 18.4 Å². The lowest BCUT2D eigenvalue weighted by atomic mass is 10.1. The number of hydrogen-bond acceptors (Lipinski definition) is 5. The van der Waals surface area contributed by atoms with Crippen molar-refractivity contribution in [3.63, 3.8) is 0 Å². The molecule has 0 spiro atoms. The molecule has 8 nitrogen and oxygen atoms in total. The fraction of sp³-hybridized carbons (Fsp3) is 0.605. The van der Waals surface area contributed by atoms with Gasteiger partial charge in [-0.2, -0.15) is 0 Å². The van der Waals surface area contributed by atoms with E-state index in [0.717, 1.165) is 96.3 Å². The summed E-state index contributed by atoms with van der Waals surface area (Å²) in [4.78, 5) is 22.7. The van der Waals surface area contributed by atoms with Gasteiger partial charge in [0.05, 0.1) is 39.9 Å². The van der Waals surface area contributed by atoms with Crippen molar-refractivity contribution in [2.75, 3.05) is 40.9 Å². The Kier molecular flexibility index (Phi) is 32.5. The van der Waals surface area contributed by atoms with Gasteiger partial charge in [-0.05, 0) is 70.6 Å². The second kappa shape index (κ2) is 34.2. The van der Waals surface area contributed by atoms with Crippen molar-refractivity contribution in [1.82, 2.24) is 5.32 Å². The minimum Gasteiger partial charge on any atom is -0.387 e. The molecule has 0 aliphatic heterocycles. The maximum Gasteiger partial charge on any atom is 0.472 e. The maximum atomic E-state index is 12.6. The van der Waals surface area contributed by atoms with Crippen LogP contribution in [0.3, 0.4) is 0 Å². The number of nitrogens with zero attached hydrogens (tertiary/aromatic N) is 1. The highest BCUT2D eigenvalue weighted by atomic mass is 31.2. The molecule has 0 aromatic rings. The summed E-state index contributed by atoms with van der Waals surface area (Å²) in [5.74, 6) is -0.215. The van der Waals surface area contributed by atoms with Crippen molar-refractivity contribution in [2.45, 2.75) is 129 Å². The van der Waals surface area contributed by atoms with E-state index in [2.05, 4.69) is 97.3 Å². The Balaban J connectivity index is 4.10. The van der Waals surface area contributed by atoms with E-state index in [0.29, 0.717) is 17.4 Å². The van der Waals surface area contributed by atoms with Crippen LogP contribution in [0.2, 0.25) is 0 Å². The highest BCUT2D eigenvalue weighted by molar-refractivity contribution is 7.47. The number of likely N-dealkylation sites (N-methyl/N-ethyl adjacent to an activating group) is 1. The topological polar surface area (TPSA) is 105 Å². The van der Waals surface area contributed by atoms with Gasteiger partial charge < -0.3 is 19.8 Å². The number of phosphoric ester groups is 1. The molecule has 0 bridgehead atoms. The molecule has 0 aliphatic carbocycles. The van der Waals surface area contributed by atoms with E-state index in [-0.39, 0.29) is 19.1 Å². The van der Waals surface area contributed by atoms with Crippen LogP contribution < -0.4 is 5.32 Å². The Bertz CT molecular complexity index is 1160. The molecule has 52 heavy (non-hydrogen) atoms. The van der Waals surface area contributed by atoms with Crippen molar-refractivity contribution in [2.24, 2.45) is 0 Å². The van der Waals surface area contributed by atoms with Crippen LogP contribution in [0, 0.1) is 0 Å². The summed E-state index contributed by atoms with van der Waals surface area (Å²) in [5, 5.41) is 13.4. The molecule has 0 aromatic heterocycles. The lowest BCUT2D eigenvalue weighted by molar-refractivity contribution is -0.870. The lowest BCUT2D eigenvalue weighted by Gasteiger charge is -2.25. The molecule has 3 unspecified atom stereocenters. The van der Waals surface area contributed by atoms with Crippen LogP contribution >= 0.6 is 7.82 Å². The third-order valence-electron chi connectivity index (χ3n) is 7.79. The normalized spacial score (nSPS) is 15.6. The molecule has 0 fully saturated rings. The van der Waals surface area contributed by atoms with E-state index >= 15 is 0 Å². The quantitative estimate of drug-likeness (QED) is 0.0267. The molecule has 3 N–H and O–H groups in total. The number of phosphoric acid groups is 1. The van der Waals surface area contributed by atoms with Crippen LogP contribution in [-0.4, -0.2) is 73.4 Å². The maximum absolute atomic E-state index is 12.6. The molecular weight excluding hydrogens is 671 g/mol. The van der Waals surface area contributed by atoms with E-state index in [1.807, 2.05) is 34.1 Å². The van der Waals surface area contributed by atoms with Gasteiger partial charge in [0, 0.05) is 6.42 Å². The zero-order chi connectivity index (χ0) is 38.6. The van der Waals surface area contributed by atoms with Gasteiger partial charge in [0.1, 0.15) is 13.2 Å². The molecule has 0 saturated heterocycles. The van der Waals surface area contributed by atoms with E-state index in [9.17, 15) is 19.4 Å². The average Bonchev–Trinajstić information content (AvgIpc) is 3.09. The van der Waals surface area contributed by atoms with Crippen LogP contribution in [0.5, 0.6) is 0 Å². The van der Waals surface area contributed by atoms with Gasteiger partial charge in [0.15, 0.2) is 0 Å². The van der Waals surface area contributed by atoms with Crippen LogP contribution in [0.4, 0.5) is 0 Å². The number of nitrogens with one attached hydrogen (secondary N) is 1. The molecule has 1 amide bonds. The van der Waals surface area contributed by atoms with Gasteiger partial charge in [0.2, 0.25) is 5.91 Å². The number of hydrogen-bond donors (Lipinski definition) is 3. The average molecular weight is 746 g/mol. The predicted octanol–water partition coefficient (Wildman–Crippen LogP) is 10.4. The Morgan fingerprint density at radius 1 is 0.673 bits per heavy atom. The lowest BCUT2D eigenvalue weighted by Crippen LogP contribution is -2.45. The summed E-state index contributed by atoms with van der Waals surface area (Å²) < 4.78 is 23.2. The zero-order valence-corrected chi connectivity index (χ0v) is 34.1. The molecular formula is C43H74N2O6P+. The van der Waals surface area contributed by atoms with Gasteiger partial charge in [0.25, 0.3) is 0 Å². The minimum atomic E-state index is -4.32. The van der Waals surface area contributed by atoms with Gasteiger partial charge in [-0.25, -0.2) is 4.57 Å². The molecule has 0 aromatic carbocycles. The first-order valence-electron chi connectivity index (χ1n) is 19.6. The van der Waals surface area contributed by atoms with Crippen molar-refractivity contribution in [1.29, 1.82) is 0 Å². The second-order valence-electron chi connectivity index (χ2n) is 13.9. The highest BCUT2D eigenvalue weighted by Crippen LogP contribution is 2.43. The second-order valence-corrected chi connectivity index (χ2v) is 15.4. The number of rotatable bonds is 33. The third-order valence-corrected chi connectivity index (χ3v) is 8.78. The molecule has 0 saturated carbocycles. The summed E-state index contributed by atoms with van der Waals surface area (Å²) >= 11 is 0. The molecule has 296 valence electrons. The number of aliphatic hydroxyl groups excluding tert-OH is 1. The van der Waals surface area contributed by atoms with Crippen LogP contribution in [0.25, 0.3) is 0 Å². The van der Waals surface area contributed by atoms with E-state index in [4.69, 9.17) is 9.05 Å². The van der Waals surface area contributed by atoms with Crippen molar-refractivity contribution < 1.29 is 32.9 Å². The fourth-order valence-electron chi connectivity index (χ4n) is 4.67. The first kappa shape index (κ1) is 49.4. The van der Waals surface area contributed by atoms with Crippen LogP contribution in [0.1, 0.15) is 117 Å². The Hall–Kier alpha value is -2.58. The highest BCUT2D eigenvalue weighted by Gasteiger charge is 2.27. The summed E-state index contributed by atoms with van der Waals surface area (Å²) in [7, 11) is 1.53. The van der Waals surface area contributed by atoms with E-state index in [1.54, 1.807) is 6.08 Å². The molecule has 0 heterocycles. The molecule has 3 atom stereocenters.